The van der Waals surface area contributed by atoms with E-state index in [9.17, 15) is 4.79 Å². The molecule has 0 spiro atoms. The maximum atomic E-state index is 11.6. The molecule has 0 atom stereocenters. The Morgan fingerprint density at radius 1 is 1.48 bits per heavy atom. The van der Waals surface area contributed by atoms with Gasteiger partial charge in [0.2, 0.25) is 5.91 Å². The largest absolute Gasteiger partial charge is 0.497 e. The molecule has 1 aromatic heterocycles. The van der Waals surface area contributed by atoms with E-state index in [0.29, 0.717) is 30.5 Å². The maximum absolute atomic E-state index is 11.6. The number of nitrogens with zero attached hydrogens (tertiary/aromatic N) is 1. The van der Waals surface area contributed by atoms with E-state index in [4.69, 9.17) is 9.15 Å². The number of benzene rings is 1. The first kappa shape index (κ1) is 13.7. The summed E-state index contributed by atoms with van der Waals surface area (Å²) in [6.45, 7) is 0. The summed E-state index contributed by atoms with van der Waals surface area (Å²) in [5.74, 6) is 2.11. The number of carbonyl (C=O) groups excluding carboxylic acids is 1. The first-order valence-electron chi connectivity index (χ1n) is 7.13. The first-order valence-corrected chi connectivity index (χ1v) is 7.13. The fourth-order valence-electron chi connectivity index (χ4n) is 2.08. The standard InChI is InChI=1S/C16H18N2O3/c1-20-13-4-2-3-11(9-13)14-10-17-16(21-14)8-7-15(19)18-12-5-6-12/h2-4,9-10,12H,5-8H2,1H3,(H,18,19). The lowest BCUT2D eigenvalue weighted by molar-refractivity contribution is -0.121. The molecule has 21 heavy (non-hydrogen) atoms. The second-order valence-corrected chi connectivity index (χ2v) is 5.19. The molecule has 2 aromatic rings. The lowest BCUT2D eigenvalue weighted by Crippen LogP contribution is -2.25. The Morgan fingerprint density at radius 3 is 3.10 bits per heavy atom. The smallest absolute Gasteiger partial charge is 0.220 e. The molecule has 3 rings (SSSR count). The number of hydrogen-bond acceptors (Lipinski definition) is 4. The van der Waals surface area contributed by atoms with Crippen LogP contribution in [0.1, 0.15) is 25.2 Å². The van der Waals surface area contributed by atoms with Crippen molar-refractivity contribution in [2.24, 2.45) is 0 Å². The predicted octanol–water partition coefficient (Wildman–Crippen LogP) is 2.56. The van der Waals surface area contributed by atoms with Crippen LogP contribution in [0.15, 0.2) is 34.9 Å². The van der Waals surface area contributed by atoms with Gasteiger partial charge in [-0.05, 0) is 25.0 Å². The Kier molecular flexibility index (Phi) is 3.90. The van der Waals surface area contributed by atoms with Gasteiger partial charge in [-0.3, -0.25) is 4.79 Å². The van der Waals surface area contributed by atoms with Crippen molar-refractivity contribution in [2.45, 2.75) is 31.7 Å². The molecule has 0 saturated heterocycles. The first-order chi connectivity index (χ1) is 10.2. The van der Waals surface area contributed by atoms with E-state index in [2.05, 4.69) is 10.3 Å². The molecule has 1 heterocycles. The van der Waals surface area contributed by atoms with Gasteiger partial charge < -0.3 is 14.5 Å². The monoisotopic (exact) mass is 286 g/mol. The molecular formula is C16H18N2O3. The highest BCUT2D eigenvalue weighted by Gasteiger charge is 2.23. The molecule has 1 aliphatic rings. The maximum Gasteiger partial charge on any atom is 0.220 e. The highest BCUT2D eigenvalue weighted by atomic mass is 16.5. The third-order valence-corrected chi connectivity index (χ3v) is 3.42. The average molecular weight is 286 g/mol. The van der Waals surface area contributed by atoms with Gasteiger partial charge in [0.05, 0.1) is 13.3 Å². The van der Waals surface area contributed by atoms with Gasteiger partial charge in [-0.2, -0.15) is 0 Å². The molecule has 0 aliphatic heterocycles. The summed E-state index contributed by atoms with van der Waals surface area (Å²) in [7, 11) is 1.63. The van der Waals surface area contributed by atoms with Gasteiger partial charge in [-0.25, -0.2) is 4.98 Å². The number of hydrogen-bond donors (Lipinski definition) is 1. The quantitative estimate of drug-likeness (QED) is 0.886. The summed E-state index contributed by atoms with van der Waals surface area (Å²) in [6, 6.07) is 8.01. The van der Waals surface area contributed by atoms with Gasteiger partial charge in [0.15, 0.2) is 11.7 Å². The van der Waals surface area contributed by atoms with Crippen molar-refractivity contribution in [3.63, 3.8) is 0 Å². The average Bonchev–Trinajstić information content (AvgIpc) is 3.19. The summed E-state index contributed by atoms with van der Waals surface area (Å²) in [5, 5.41) is 2.95. The van der Waals surface area contributed by atoms with E-state index < -0.39 is 0 Å². The summed E-state index contributed by atoms with van der Waals surface area (Å²) in [4.78, 5) is 15.9. The zero-order chi connectivity index (χ0) is 14.7. The van der Waals surface area contributed by atoms with Gasteiger partial charge in [0.25, 0.3) is 0 Å². The van der Waals surface area contributed by atoms with Crippen LogP contribution in [0.4, 0.5) is 0 Å². The molecule has 1 aromatic carbocycles. The van der Waals surface area contributed by atoms with Crippen molar-refractivity contribution < 1.29 is 13.9 Å². The molecular weight excluding hydrogens is 268 g/mol. The Hall–Kier alpha value is -2.30. The summed E-state index contributed by atoms with van der Waals surface area (Å²) in [6.07, 6.45) is 4.81. The van der Waals surface area contributed by atoms with Crippen molar-refractivity contribution in [1.29, 1.82) is 0 Å². The number of ether oxygens (including phenoxy) is 1. The second-order valence-electron chi connectivity index (χ2n) is 5.19. The van der Waals surface area contributed by atoms with Crippen LogP contribution in [0.5, 0.6) is 5.75 Å². The molecule has 1 N–H and O–H groups in total. The number of nitrogens with one attached hydrogen (secondary N) is 1. The minimum atomic E-state index is 0.0682. The fourth-order valence-corrected chi connectivity index (χ4v) is 2.08. The SMILES string of the molecule is COc1cccc(-c2cnc(CCC(=O)NC3CC3)o2)c1. The van der Waals surface area contributed by atoms with Crippen LogP contribution in [-0.4, -0.2) is 24.0 Å². The van der Waals surface area contributed by atoms with Crippen molar-refractivity contribution in [1.82, 2.24) is 10.3 Å². The van der Waals surface area contributed by atoms with E-state index in [1.807, 2.05) is 24.3 Å². The molecule has 0 unspecified atom stereocenters. The van der Waals surface area contributed by atoms with E-state index in [1.165, 1.54) is 0 Å². The Morgan fingerprint density at radius 2 is 2.33 bits per heavy atom. The van der Waals surface area contributed by atoms with Crippen molar-refractivity contribution in [2.75, 3.05) is 7.11 Å². The number of carbonyl (C=O) groups is 1. The van der Waals surface area contributed by atoms with Gasteiger partial charge in [-0.1, -0.05) is 12.1 Å². The van der Waals surface area contributed by atoms with E-state index >= 15 is 0 Å². The minimum Gasteiger partial charge on any atom is -0.497 e. The van der Waals surface area contributed by atoms with Crippen LogP contribution in [-0.2, 0) is 11.2 Å². The van der Waals surface area contributed by atoms with E-state index in [0.717, 1.165) is 24.2 Å². The number of oxazole rings is 1. The third-order valence-electron chi connectivity index (χ3n) is 3.42. The fraction of sp³-hybridized carbons (Fsp3) is 0.375. The van der Waals surface area contributed by atoms with Gasteiger partial charge in [0, 0.05) is 24.4 Å². The zero-order valence-corrected chi connectivity index (χ0v) is 12.0. The normalized spacial score (nSPS) is 14.0. The molecule has 1 amide bonds. The van der Waals surface area contributed by atoms with Crippen LogP contribution < -0.4 is 10.1 Å². The third kappa shape index (κ3) is 3.62. The van der Waals surface area contributed by atoms with Crippen LogP contribution in [0.3, 0.4) is 0 Å². The van der Waals surface area contributed by atoms with Gasteiger partial charge in [0.1, 0.15) is 5.75 Å². The number of rotatable bonds is 6. The topological polar surface area (TPSA) is 64.4 Å². The van der Waals surface area contributed by atoms with Gasteiger partial charge in [-0.15, -0.1) is 0 Å². The van der Waals surface area contributed by atoms with Crippen molar-refractivity contribution >= 4 is 5.91 Å². The Balaban J connectivity index is 1.60. The zero-order valence-electron chi connectivity index (χ0n) is 12.0. The highest BCUT2D eigenvalue weighted by molar-refractivity contribution is 5.76. The van der Waals surface area contributed by atoms with Crippen LogP contribution in [0.25, 0.3) is 11.3 Å². The molecule has 1 aliphatic carbocycles. The Bertz CT molecular complexity index is 632. The highest BCUT2D eigenvalue weighted by Crippen LogP contribution is 2.25. The van der Waals surface area contributed by atoms with Crippen LogP contribution in [0.2, 0.25) is 0 Å². The molecule has 5 nitrogen and oxygen atoms in total. The van der Waals surface area contributed by atoms with Crippen LogP contribution >= 0.6 is 0 Å². The van der Waals surface area contributed by atoms with Gasteiger partial charge >= 0.3 is 0 Å². The van der Waals surface area contributed by atoms with E-state index in [-0.39, 0.29) is 5.91 Å². The minimum absolute atomic E-state index is 0.0682. The molecule has 0 radical (unpaired) electrons. The summed E-state index contributed by atoms with van der Waals surface area (Å²) >= 11 is 0. The van der Waals surface area contributed by atoms with Crippen molar-refractivity contribution in [3.8, 4) is 17.1 Å². The van der Waals surface area contributed by atoms with Crippen molar-refractivity contribution in [3.05, 3.63) is 36.4 Å². The number of amides is 1. The molecule has 0 bridgehead atoms. The van der Waals surface area contributed by atoms with Crippen LogP contribution in [0, 0.1) is 0 Å². The number of methoxy groups -OCH3 is 1. The number of aromatic nitrogens is 1. The molecule has 110 valence electrons. The molecule has 1 fully saturated rings. The Labute approximate surface area is 123 Å². The summed E-state index contributed by atoms with van der Waals surface area (Å²) in [5.41, 5.74) is 0.913. The lowest BCUT2D eigenvalue weighted by Gasteiger charge is -2.02. The van der Waals surface area contributed by atoms with E-state index in [1.54, 1.807) is 13.3 Å². The number of aryl methyl sites for hydroxylation is 1. The molecule has 1 saturated carbocycles. The predicted molar refractivity (Wildman–Crippen MR) is 78.0 cm³/mol. The molecule has 5 heteroatoms. The second kappa shape index (κ2) is 5.99. The lowest BCUT2D eigenvalue weighted by atomic mass is 10.2. The summed E-state index contributed by atoms with van der Waals surface area (Å²) < 4.78 is 10.9.